The van der Waals surface area contributed by atoms with Gasteiger partial charge in [0.15, 0.2) is 0 Å². The van der Waals surface area contributed by atoms with Crippen molar-refractivity contribution in [1.82, 2.24) is 19.6 Å². The van der Waals surface area contributed by atoms with Crippen molar-refractivity contribution in [3.63, 3.8) is 0 Å². The van der Waals surface area contributed by atoms with Gasteiger partial charge >= 0.3 is 0 Å². The van der Waals surface area contributed by atoms with Gasteiger partial charge in [0.25, 0.3) is 0 Å². The van der Waals surface area contributed by atoms with Crippen LogP contribution < -0.4 is 0 Å². The molecule has 14 atom stereocenters. The molecular weight excluding hydrogens is 849 g/mol. The van der Waals surface area contributed by atoms with Crippen LogP contribution in [0.3, 0.4) is 0 Å². The summed E-state index contributed by atoms with van der Waals surface area (Å²) in [5.74, 6) is 2.23. The quantitative estimate of drug-likeness (QED) is 0.192. The van der Waals surface area contributed by atoms with Crippen molar-refractivity contribution >= 4 is 0 Å². The van der Waals surface area contributed by atoms with Gasteiger partial charge < -0.3 is 79.4 Å². The molecule has 6 aliphatic heterocycles. The summed E-state index contributed by atoms with van der Waals surface area (Å²) in [6.07, 6.45) is 5.62. The van der Waals surface area contributed by atoms with Crippen molar-refractivity contribution < 1.29 is 59.8 Å². The van der Waals surface area contributed by atoms with Crippen molar-refractivity contribution in [3.05, 3.63) is 0 Å². The van der Waals surface area contributed by atoms with Gasteiger partial charge in [-0.25, -0.2) is 0 Å². The molecular formula is C50H108N4O12. The van der Waals surface area contributed by atoms with Crippen LogP contribution in [0.25, 0.3) is 0 Å². The van der Waals surface area contributed by atoms with Gasteiger partial charge in [-0.3, -0.25) is 0 Å². The maximum Gasteiger partial charge on any atom is 0.106 e. The summed E-state index contributed by atoms with van der Waals surface area (Å²) in [6, 6.07) is 0. The molecule has 0 bridgehead atoms. The van der Waals surface area contributed by atoms with Crippen molar-refractivity contribution in [3.8, 4) is 0 Å². The molecule has 3 unspecified atom stereocenters. The van der Waals surface area contributed by atoms with Crippen LogP contribution in [0.5, 0.6) is 0 Å². The fraction of sp³-hybridized carbons (Fsp3) is 1.00. The van der Waals surface area contributed by atoms with Crippen molar-refractivity contribution in [2.75, 3.05) is 108 Å². The summed E-state index contributed by atoms with van der Waals surface area (Å²) in [5.41, 5.74) is 0. The molecule has 6 rings (SSSR count). The smallest absolute Gasteiger partial charge is 0.106 e. The Bertz CT molecular complexity index is 997. The van der Waals surface area contributed by atoms with Gasteiger partial charge in [0.05, 0.1) is 68.1 Å². The fourth-order valence-corrected chi connectivity index (χ4v) is 7.54. The van der Waals surface area contributed by atoms with Gasteiger partial charge in [-0.1, -0.05) is 41.0 Å². The average Bonchev–Trinajstić information content (AvgIpc) is 3.55. The number of hydrogen-bond donors (Lipinski definition) is 8. The molecule has 0 spiro atoms. The highest BCUT2D eigenvalue weighted by Crippen LogP contribution is 2.21. The van der Waals surface area contributed by atoms with E-state index >= 15 is 0 Å². The van der Waals surface area contributed by atoms with Crippen molar-refractivity contribution in [2.45, 2.75) is 200 Å². The minimum Gasteiger partial charge on any atom is -0.394 e. The summed E-state index contributed by atoms with van der Waals surface area (Å²) in [4.78, 5) is 9.21. The van der Waals surface area contributed by atoms with Crippen LogP contribution in [-0.4, -0.2) is 242 Å². The molecule has 0 saturated carbocycles. The number of unbranched alkanes of at least 4 members (excludes halogenated alkanes) is 1. The molecule has 6 saturated heterocycles. The van der Waals surface area contributed by atoms with Crippen LogP contribution in [0.1, 0.15) is 127 Å². The van der Waals surface area contributed by atoms with Crippen molar-refractivity contribution in [1.29, 1.82) is 0 Å². The topological polar surface area (TPSA) is 212 Å². The third-order valence-electron chi connectivity index (χ3n) is 12.7. The molecule has 0 aromatic carbocycles. The highest BCUT2D eigenvalue weighted by molar-refractivity contribution is 4.83. The van der Waals surface area contributed by atoms with Gasteiger partial charge in [0.2, 0.25) is 0 Å². The molecule has 0 radical (unpaired) electrons. The first-order chi connectivity index (χ1) is 30.9. The normalized spacial score (nSPS) is 34.9. The number of aliphatic hydroxyl groups is 8. The number of hydrogen-bond acceptors (Lipinski definition) is 16. The zero-order chi connectivity index (χ0) is 50.9. The Morgan fingerprint density at radius 2 is 1.03 bits per heavy atom. The fourth-order valence-electron chi connectivity index (χ4n) is 7.54. The van der Waals surface area contributed by atoms with E-state index in [9.17, 15) is 10.2 Å². The highest BCUT2D eigenvalue weighted by Gasteiger charge is 2.33. The summed E-state index contributed by atoms with van der Waals surface area (Å²) in [5, 5.41) is 72.3. The second-order valence-corrected chi connectivity index (χ2v) is 20.2. The summed E-state index contributed by atoms with van der Waals surface area (Å²) in [7, 11) is 12.8. The van der Waals surface area contributed by atoms with E-state index in [-0.39, 0.29) is 37.1 Å². The van der Waals surface area contributed by atoms with Gasteiger partial charge in [0.1, 0.15) is 18.3 Å². The zero-order valence-corrected chi connectivity index (χ0v) is 44.8. The largest absolute Gasteiger partial charge is 0.394 e. The predicted octanol–water partition coefficient (Wildman–Crippen LogP) is 3.32. The minimum atomic E-state index is -0.821. The Hall–Kier alpha value is -0.640. The number of aliphatic hydroxyl groups excluding tert-OH is 8. The van der Waals surface area contributed by atoms with E-state index in [1.54, 1.807) is 20.8 Å². The minimum absolute atomic E-state index is 0.103. The van der Waals surface area contributed by atoms with Gasteiger partial charge in [-0.2, -0.15) is 0 Å². The third-order valence-corrected chi connectivity index (χ3v) is 12.7. The Morgan fingerprint density at radius 1 is 0.530 bits per heavy atom. The van der Waals surface area contributed by atoms with E-state index in [1.807, 2.05) is 13.8 Å². The van der Waals surface area contributed by atoms with Crippen LogP contribution in [0, 0.1) is 17.8 Å². The summed E-state index contributed by atoms with van der Waals surface area (Å²) in [6.45, 7) is 27.4. The SMILES string of the molecule is CC1CCCN(C)C1.CC1CCN(C)CC1.CC1OCC[C@H](O)[C@@H]1O.CCCCN(C)C.CCCN(C)C.C[C@@H]1OC(CO)C[C@H](O)[C@@H]1O.C[C@@H]1OCC[C@H](O)[C@@H]1O.C[C@@H]1[C@H](C)OC[C@@H]1O. The second kappa shape index (κ2) is 40.0. The van der Waals surface area contributed by atoms with Crippen LogP contribution in [0.4, 0.5) is 0 Å². The number of nitrogens with zero attached hydrogens (tertiary/aromatic N) is 4. The number of likely N-dealkylation sites (tertiary alicyclic amines) is 2. The first kappa shape index (κ1) is 67.4. The first-order valence-corrected chi connectivity index (χ1v) is 25.5. The molecule has 6 fully saturated rings. The van der Waals surface area contributed by atoms with Crippen LogP contribution in [-0.2, 0) is 18.9 Å². The van der Waals surface area contributed by atoms with E-state index in [4.69, 9.17) is 49.6 Å². The Balaban J connectivity index is 0. The van der Waals surface area contributed by atoms with E-state index < -0.39 is 42.7 Å². The number of ether oxygens (including phenoxy) is 4. The average molecular weight is 957 g/mol. The third kappa shape index (κ3) is 33.8. The molecule has 400 valence electrons. The van der Waals surface area contributed by atoms with E-state index in [0.717, 1.165) is 11.8 Å². The molecule has 0 aliphatic carbocycles. The van der Waals surface area contributed by atoms with Gasteiger partial charge in [0, 0.05) is 32.1 Å². The molecule has 16 nitrogen and oxygen atoms in total. The number of rotatable bonds is 6. The zero-order valence-electron chi connectivity index (χ0n) is 44.8. The highest BCUT2D eigenvalue weighted by atomic mass is 16.5. The van der Waals surface area contributed by atoms with Crippen LogP contribution in [0.15, 0.2) is 0 Å². The molecule has 0 amide bonds. The monoisotopic (exact) mass is 957 g/mol. The maximum absolute atomic E-state index is 9.21. The van der Waals surface area contributed by atoms with Crippen molar-refractivity contribution in [2.24, 2.45) is 17.8 Å². The molecule has 0 aromatic rings. The first-order valence-electron chi connectivity index (χ1n) is 25.5. The standard InChI is InChI=1S/2C7H15N.C7H14O4.C6H15N.2C6H12O3.C6H12O2.C5H13N/c1-7-3-5-8(2)6-4-7;1-7-4-3-5-8(2)6-7;1-4-7(10)6(9)2-5(3-8)11-4;1-4-5-6-7(2)3;2*1-4-6(8)5(7)2-3-9-4;1-4-5(2)8-3-6(4)7;1-4-5-6(2)3/h2*7H,3-6H2,1-2H3;4-10H,2-3H2,1H3;4-6H2,1-3H3;2*4-8H,2-3H2,1H3;4-7H,3H2,1-2H3;4-5H2,1-3H3/t;;4-,5?,6-,7+;;4?,5-,6+;4-,5-,6+;4-,5+,6+;/m..0.001./s1. The Morgan fingerprint density at radius 3 is 1.29 bits per heavy atom. The lowest BCUT2D eigenvalue weighted by molar-refractivity contribution is -0.170. The molecule has 6 heterocycles. The van der Waals surface area contributed by atoms with Crippen LogP contribution in [0.2, 0.25) is 0 Å². The summed E-state index contributed by atoms with van der Waals surface area (Å²) < 4.78 is 20.4. The molecule has 0 aromatic heterocycles. The number of piperidine rings is 2. The lowest BCUT2D eigenvalue weighted by Crippen LogP contribution is -2.47. The molecule has 6 aliphatic rings. The molecule has 8 N–H and O–H groups in total. The summed E-state index contributed by atoms with van der Waals surface area (Å²) >= 11 is 0. The molecule has 16 heteroatoms. The molecule has 66 heavy (non-hydrogen) atoms. The second-order valence-electron chi connectivity index (χ2n) is 20.2. The lowest BCUT2D eigenvalue weighted by atomic mass is 9.99. The Labute approximate surface area is 403 Å². The lowest BCUT2D eigenvalue weighted by Gasteiger charge is -2.34. The van der Waals surface area contributed by atoms with Crippen LogP contribution >= 0.6 is 0 Å². The van der Waals surface area contributed by atoms with E-state index in [0.29, 0.717) is 45.0 Å². The van der Waals surface area contributed by atoms with E-state index in [1.165, 1.54) is 84.2 Å². The van der Waals surface area contributed by atoms with Gasteiger partial charge in [-0.15, -0.1) is 0 Å². The van der Waals surface area contributed by atoms with E-state index in [2.05, 4.69) is 89.6 Å². The maximum atomic E-state index is 9.21. The van der Waals surface area contributed by atoms with Gasteiger partial charge in [-0.05, 0) is 166 Å². The predicted molar refractivity (Wildman–Crippen MR) is 267 cm³/mol. The Kier molecular flexibility index (Phi) is 40.9.